The Balaban J connectivity index is 4.30. The van der Waals surface area contributed by atoms with Gasteiger partial charge in [-0.1, -0.05) is 0 Å². The highest BCUT2D eigenvalue weighted by Crippen LogP contribution is 2.21. The topological polar surface area (TPSA) is 24.7 Å². The van der Waals surface area contributed by atoms with Crippen LogP contribution in [0.2, 0.25) is 38.3 Å². The number of hydrogen-bond acceptors (Lipinski definition) is 4. The highest BCUT2D eigenvalue weighted by molar-refractivity contribution is 7.78. The Bertz CT molecular complexity index is 260. The molecule has 0 unspecified atom stereocenters. The van der Waals surface area contributed by atoms with Crippen LogP contribution in [0.25, 0.3) is 0 Å². The molecule has 0 aromatic heterocycles. The van der Waals surface area contributed by atoms with Crippen LogP contribution < -0.4 is 0 Å². The second-order valence-electron chi connectivity index (χ2n) is 4.53. The van der Waals surface area contributed by atoms with E-state index in [4.69, 9.17) is 0 Å². The number of rotatable bonds is 5. The Morgan fingerprint density at radius 2 is 1.14 bits per heavy atom. The summed E-state index contributed by atoms with van der Waals surface area (Å²) >= 11 is 9.27. The number of thiocarbonyl (C=S) groups is 2. The maximum Gasteiger partial charge on any atom is 0.188 e. The normalized spacial score (nSPS) is 11.4. The third-order valence-electron chi connectivity index (χ3n) is 2.05. The van der Waals surface area contributed by atoms with E-state index in [1.807, 2.05) is 0 Å². The fourth-order valence-corrected chi connectivity index (χ4v) is 8.07. The van der Waals surface area contributed by atoms with E-state index >= 15 is 0 Å². The average molecular weight is 261 g/mol. The summed E-state index contributed by atoms with van der Waals surface area (Å²) in [5, 5.41) is 4.99. The molecule has 0 amide bonds. The van der Waals surface area contributed by atoms with Crippen molar-refractivity contribution in [1.29, 1.82) is 0 Å². The minimum Gasteiger partial charge on any atom is -0.274 e. The molecule has 0 atom stereocenters. The van der Waals surface area contributed by atoms with Gasteiger partial charge in [-0.05, 0) is 62.7 Å². The highest BCUT2D eigenvalue weighted by Gasteiger charge is 2.27. The zero-order chi connectivity index (χ0) is 11.2. The summed E-state index contributed by atoms with van der Waals surface area (Å²) in [6.45, 7) is 8.77. The van der Waals surface area contributed by atoms with E-state index in [1.54, 1.807) is 0 Å². The summed E-state index contributed by atoms with van der Waals surface area (Å²) in [5.74, 6) is 0. The van der Waals surface area contributed by atoms with E-state index < -0.39 is 16.5 Å². The van der Waals surface area contributed by atoms with Crippen LogP contribution in [0, 0.1) is 0 Å². The summed E-state index contributed by atoms with van der Waals surface area (Å²) in [5.41, 5.74) is 0. The molecule has 14 heavy (non-hydrogen) atoms. The van der Waals surface area contributed by atoms with Gasteiger partial charge in [-0.2, -0.15) is 0 Å². The van der Waals surface area contributed by atoms with Crippen molar-refractivity contribution >= 4 is 51.2 Å². The van der Waals surface area contributed by atoms with Gasteiger partial charge in [-0.3, -0.25) is 9.32 Å². The largest absolute Gasteiger partial charge is 0.274 e. The summed E-state index contributed by atoms with van der Waals surface area (Å²) in [6.07, 6.45) is 0. The molecule has 0 fully saturated rings. The Morgan fingerprint density at radius 1 is 0.857 bits per heavy atom. The number of nitrogens with zero attached hydrogens (tertiary/aromatic N) is 2. The van der Waals surface area contributed by atoms with E-state index in [0.717, 1.165) is 12.1 Å². The fourth-order valence-electron chi connectivity index (χ4n) is 0.971. The second-order valence-corrected chi connectivity index (χ2v) is 13.6. The van der Waals surface area contributed by atoms with Gasteiger partial charge in [0.2, 0.25) is 0 Å². The molecule has 0 N–H and O–H groups in total. The molecule has 0 radical (unpaired) electrons. The lowest BCUT2D eigenvalue weighted by atomic mass is 10.9. The molecule has 0 aromatic carbocycles. The van der Waals surface area contributed by atoms with E-state index in [0.29, 0.717) is 0 Å². The van der Waals surface area contributed by atoms with Gasteiger partial charge >= 0.3 is 0 Å². The summed E-state index contributed by atoms with van der Waals surface area (Å²) in [4.78, 5) is 0. The van der Waals surface area contributed by atoms with Crippen molar-refractivity contribution < 1.29 is 0 Å². The highest BCUT2D eigenvalue weighted by atomic mass is 32.1. The van der Waals surface area contributed by atoms with Gasteiger partial charge in [0, 0.05) is 10.3 Å². The van der Waals surface area contributed by atoms with Gasteiger partial charge in [-0.25, -0.2) is 0 Å². The predicted octanol–water partition coefficient (Wildman–Crippen LogP) is 3.60. The van der Waals surface area contributed by atoms with Gasteiger partial charge < -0.3 is 0 Å². The lowest BCUT2D eigenvalue weighted by molar-refractivity contribution is 1.24. The predicted molar refractivity (Wildman–Crippen MR) is 74.6 cm³/mol. The molecular weight excluding hydrogens is 244 g/mol. The molecule has 0 aliphatic rings. The van der Waals surface area contributed by atoms with Crippen LogP contribution in [-0.4, -0.2) is 26.8 Å². The Morgan fingerprint density at radius 3 is 1.36 bits per heavy atom. The van der Waals surface area contributed by atoms with Gasteiger partial charge in [0.25, 0.3) is 0 Å². The van der Waals surface area contributed by atoms with Crippen molar-refractivity contribution in [2.45, 2.75) is 38.3 Å². The van der Waals surface area contributed by atoms with Gasteiger partial charge in [0.1, 0.15) is 0 Å². The summed E-state index contributed by atoms with van der Waals surface area (Å²) in [7, 11) is -3.04. The Hall–Kier alpha value is 0.0338. The standard InChI is InChI=1S/C8H16N2S2Si2/c1-13(2,9-7-11)5-6-14(3,4)10-8-12/h5-6H2,1-4H3. The molecule has 0 aliphatic heterocycles. The lowest BCUT2D eigenvalue weighted by Crippen LogP contribution is -2.29. The van der Waals surface area contributed by atoms with Crippen LogP contribution in [0.3, 0.4) is 0 Å². The molecule has 78 valence electrons. The molecule has 0 heterocycles. The Labute approximate surface area is 98.7 Å². The van der Waals surface area contributed by atoms with Crippen molar-refractivity contribution in [3.8, 4) is 0 Å². The zero-order valence-corrected chi connectivity index (χ0v) is 12.8. The molecular formula is C8H16N2S2Si2. The SMILES string of the molecule is C[Si](C)(CC[Si](C)(C)N=C=S)N=C=S. The van der Waals surface area contributed by atoms with Crippen molar-refractivity contribution in [2.75, 3.05) is 0 Å². The maximum absolute atomic E-state index is 4.64. The van der Waals surface area contributed by atoms with Crippen LogP contribution in [0.5, 0.6) is 0 Å². The van der Waals surface area contributed by atoms with Crippen LogP contribution in [-0.2, 0) is 0 Å². The van der Waals surface area contributed by atoms with Crippen molar-refractivity contribution in [2.24, 2.45) is 9.32 Å². The number of isothiocyanates is 2. The first-order valence-electron chi connectivity index (χ1n) is 4.51. The maximum atomic E-state index is 4.64. The molecule has 0 spiro atoms. The minimum atomic E-state index is -1.52. The molecule has 0 saturated heterocycles. The van der Waals surface area contributed by atoms with E-state index in [-0.39, 0.29) is 0 Å². The third kappa shape index (κ3) is 6.48. The quantitative estimate of drug-likeness (QED) is 0.428. The van der Waals surface area contributed by atoms with E-state index in [9.17, 15) is 0 Å². The lowest BCUT2D eigenvalue weighted by Gasteiger charge is -2.20. The smallest absolute Gasteiger partial charge is 0.188 e. The second kappa shape index (κ2) is 5.80. The van der Waals surface area contributed by atoms with Crippen molar-refractivity contribution in [1.82, 2.24) is 0 Å². The van der Waals surface area contributed by atoms with E-state index in [1.165, 1.54) is 0 Å². The van der Waals surface area contributed by atoms with Gasteiger partial charge in [-0.15, -0.1) is 0 Å². The number of hydrogen-bond donors (Lipinski definition) is 0. The molecule has 0 aromatic rings. The molecule has 0 saturated carbocycles. The summed E-state index contributed by atoms with van der Waals surface area (Å²) in [6, 6.07) is 2.22. The zero-order valence-electron chi connectivity index (χ0n) is 9.13. The van der Waals surface area contributed by atoms with Gasteiger partial charge in [0.05, 0.1) is 0 Å². The average Bonchev–Trinajstić information content (AvgIpc) is 2.01. The molecule has 0 rings (SSSR count). The monoisotopic (exact) mass is 260 g/mol. The summed E-state index contributed by atoms with van der Waals surface area (Å²) < 4.78 is 8.52. The molecule has 2 nitrogen and oxygen atoms in total. The molecule has 0 aliphatic carbocycles. The minimum absolute atomic E-state index is 1.11. The Kier molecular flexibility index (Phi) is 5.82. The third-order valence-corrected chi connectivity index (χ3v) is 7.43. The van der Waals surface area contributed by atoms with Crippen LogP contribution in [0.1, 0.15) is 0 Å². The fraction of sp³-hybridized carbons (Fsp3) is 0.750. The van der Waals surface area contributed by atoms with Crippen LogP contribution >= 0.6 is 24.4 Å². The first-order chi connectivity index (χ1) is 6.33. The first kappa shape index (κ1) is 14.0. The molecule has 6 heteroatoms. The van der Waals surface area contributed by atoms with Crippen molar-refractivity contribution in [3.63, 3.8) is 0 Å². The van der Waals surface area contributed by atoms with Crippen molar-refractivity contribution in [3.05, 3.63) is 0 Å². The van der Waals surface area contributed by atoms with E-state index in [2.05, 4.69) is 70.3 Å². The molecule has 0 bridgehead atoms. The first-order valence-corrected chi connectivity index (χ1v) is 11.6. The van der Waals surface area contributed by atoms with Crippen LogP contribution in [0.4, 0.5) is 0 Å². The van der Waals surface area contributed by atoms with Crippen LogP contribution in [0.15, 0.2) is 9.32 Å². The van der Waals surface area contributed by atoms with Gasteiger partial charge in [0.15, 0.2) is 16.5 Å².